The van der Waals surface area contributed by atoms with Crippen molar-refractivity contribution in [1.29, 1.82) is 0 Å². The molecule has 3 heteroatoms. The SMILES string of the molecule is CCCCN(CCCC)c1ccc(C(OC)c2ccc(N(CC)CC)cc2)c(C)c1. The molecule has 0 heterocycles. The zero-order valence-corrected chi connectivity index (χ0v) is 20.1. The summed E-state index contributed by atoms with van der Waals surface area (Å²) in [6.07, 6.45) is 4.91. The van der Waals surface area contributed by atoms with E-state index in [4.69, 9.17) is 4.74 Å². The highest BCUT2D eigenvalue weighted by molar-refractivity contribution is 5.53. The Bertz CT molecular complexity index is 729. The largest absolute Gasteiger partial charge is 0.372 e. The van der Waals surface area contributed by atoms with Gasteiger partial charge in [-0.3, -0.25) is 0 Å². The van der Waals surface area contributed by atoms with Gasteiger partial charge in [-0.05, 0) is 74.6 Å². The standard InChI is InChI=1S/C27H42N2O/c1-7-11-19-29(20-12-8-2)25-17-18-26(22(5)21-25)27(30-6)23-13-15-24(16-14-23)28(9-3)10-4/h13-18,21,27H,7-12,19-20H2,1-6H3. The summed E-state index contributed by atoms with van der Waals surface area (Å²) < 4.78 is 5.96. The summed E-state index contributed by atoms with van der Waals surface area (Å²) in [7, 11) is 1.81. The first kappa shape index (κ1) is 24.3. The lowest BCUT2D eigenvalue weighted by molar-refractivity contribution is 0.136. The van der Waals surface area contributed by atoms with Crippen molar-refractivity contribution in [3.8, 4) is 0 Å². The molecule has 30 heavy (non-hydrogen) atoms. The van der Waals surface area contributed by atoms with Crippen LogP contribution in [0, 0.1) is 6.92 Å². The lowest BCUT2D eigenvalue weighted by Crippen LogP contribution is -2.25. The van der Waals surface area contributed by atoms with E-state index in [0.29, 0.717) is 0 Å². The molecule has 3 nitrogen and oxygen atoms in total. The minimum Gasteiger partial charge on any atom is -0.372 e. The van der Waals surface area contributed by atoms with Crippen LogP contribution < -0.4 is 9.80 Å². The normalized spacial score (nSPS) is 12.1. The molecule has 1 unspecified atom stereocenters. The molecule has 0 radical (unpaired) electrons. The van der Waals surface area contributed by atoms with E-state index >= 15 is 0 Å². The number of ether oxygens (including phenoxy) is 1. The zero-order valence-electron chi connectivity index (χ0n) is 20.1. The van der Waals surface area contributed by atoms with Crippen molar-refractivity contribution >= 4 is 11.4 Å². The maximum Gasteiger partial charge on any atom is 0.107 e. The molecule has 2 aromatic carbocycles. The van der Waals surface area contributed by atoms with E-state index in [1.54, 1.807) is 0 Å². The molecule has 0 saturated heterocycles. The first-order valence-corrected chi connectivity index (χ1v) is 11.8. The van der Waals surface area contributed by atoms with E-state index in [-0.39, 0.29) is 6.10 Å². The molecule has 0 saturated carbocycles. The van der Waals surface area contributed by atoms with Gasteiger partial charge in [-0.25, -0.2) is 0 Å². The third-order valence-corrected chi connectivity index (χ3v) is 6.02. The lowest BCUT2D eigenvalue weighted by Gasteiger charge is -2.27. The number of nitrogens with zero attached hydrogens (tertiary/aromatic N) is 2. The molecule has 1 atom stereocenters. The number of hydrogen-bond acceptors (Lipinski definition) is 3. The van der Waals surface area contributed by atoms with Gasteiger partial charge < -0.3 is 14.5 Å². The van der Waals surface area contributed by atoms with Crippen LogP contribution in [0.1, 0.15) is 76.2 Å². The van der Waals surface area contributed by atoms with Gasteiger partial charge in [0, 0.05) is 44.7 Å². The molecule has 0 N–H and O–H groups in total. The Morgan fingerprint density at radius 3 is 1.80 bits per heavy atom. The van der Waals surface area contributed by atoms with Crippen LogP contribution in [0.4, 0.5) is 11.4 Å². The van der Waals surface area contributed by atoms with Crippen LogP contribution >= 0.6 is 0 Å². The number of methoxy groups -OCH3 is 1. The van der Waals surface area contributed by atoms with Crippen molar-refractivity contribution in [3.63, 3.8) is 0 Å². The second kappa shape index (κ2) is 12.6. The smallest absolute Gasteiger partial charge is 0.107 e. The van der Waals surface area contributed by atoms with Gasteiger partial charge in [0.05, 0.1) is 0 Å². The summed E-state index contributed by atoms with van der Waals surface area (Å²) in [5, 5.41) is 0. The van der Waals surface area contributed by atoms with Gasteiger partial charge in [0.15, 0.2) is 0 Å². The number of benzene rings is 2. The van der Waals surface area contributed by atoms with E-state index in [2.05, 4.69) is 86.9 Å². The average molecular weight is 411 g/mol. The summed E-state index contributed by atoms with van der Waals surface area (Å²) in [6, 6.07) is 15.8. The maximum absolute atomic E-state index is 5.96. The predicted molar refractivity (Wildman–Crippen MR) is 132 cm³/mol. The fourth-order valence-corrected chi connectivity index (χ4v) is 4.11. The fourth-order valence-electron chi connectivity index (χ4n) is 4.11. The monoisotopic (exact) mass is 410 g/mol. The molecular formula is C27H42N2O. The quantitative estimate of drug-likeness (QED) is 0.354. The van der Waals surface area contributed by atoms with Gasteiger partial charge in [0.25, 0.3) is 0 Å². The summed E-state index contributed by atoms with van der Waals surface area (Å²) >= 11 is 0. The Kier molecular flexibility index (Phi) is 10.2. The third kappa shape index (κ3) is 6.25. The average Bonchev–Trinajstić information content (AvgIpc) is 2.77. The van der Waals surface area contributed by atoms with Crippen molar-refractivity contribution in [2.45, 2.75) is 66.4 Å². The van der Waals surface area contributed by atoms with Crippen LogP contribution in [-0.2, 0) is 4.74 Å². The lowest BCUT2D eigenvalue weighted by atomic mass is 9.96. The van der Waals surface area contributed by atoms with Gasteiger partial charge in [-0.1, -0.05) is 44.9 Å². The van der Waals surface area contributed by atoms with Crippen LogP contribution in [-0.4, -0.2) is 33.3 Å². The first-order valence-electron chi connectivity index (χ1n) is 11.8. The summed E-state index contributed by atoms with van der Waals surface area (Å²) in [5.74, 6) is 0. The van der Waals surface area contributed by atoms with Gasteiger partial charge in [-0.2, -0.15) is 0 Å². The Morgan fingerprint density at radius 1 is 0.767 bits per heavy atom. The highest BCUT2D eigenvalue weighted by Gasteiger charge is 2.17. The highest BCUT2D eigenvalue weighted by Crippen LogP contribution is 2.31. The van der Waals surface area contributed by atoms with Crippen LogP contribution in [0.15, 0.2) is 42.5 Å². The predicted octanol–water partition coefficient (Wildman–Crippen LogP) is 6.98. The van der Waals surface area contributed by atoms with E-state index in [9.17, 15) is 0 Å². The minimum atomic E-state index is -0.0375. The molecule has 0 amide bonds. The van der Waals surface area contributed by atoms with Gasteiger partial charge >= 0.3 is 0 Å². The van der Waals surface area contributed by atoms with Crippen LogP contribution in [0.2, 0.25) is 0 Å². The second-order valence-corrected chi connectivity index (χ2v) is 8.11. The number of anilines is 2. The number of rotatable bonds is 13. The minimum absolute atomic E-state index is 0.0375. The molecule has 0 spiro atoms. The number of hydrogen-bond donors (Lipinski definition) is 0. The molecule has 0 aromatic heterocycles. The molecule has 2 rings (SSSR count). The van der Waals surface area contributed by atoms with Gasteiger partial charge in [0.2, 0.25) is 0 Å². The Morgan fingerprint density at radius 2 is 1.33 bits per heavy atom. The number of unbranched alkanes of at least 4 members (excludes halogenated alkanes) is 2. The van der Waals surface area contributed by atoms with E-state index < -0.39 is 0 Å². The van der Waals surface area contributed by atoms with Crippen molar-refractivity contribution in [2.75, 3.05) is 43.1 Å². The topological polar surface area (TPSA) is 15.7 Å². The molecule has 2 aromatic rings. The van der Waals surface area contributed by atoms with Crippen molar-refractivity contribution in [2.24, 2.45) is 0 Å². The van der Waals surface area contributed by atoms with Crippen LogP contribution in [0.5, 0.6) is 0 Å². The molecule has 166 valence electrons. The highest BCUT2D eigenvalue weighted by atomic mass is 16.5. The molecule has 0 aliphatic heterocycles. The van der Waals surface area contributed by atoms with Crippen molar-refractivity contribution in [1.82, 2.24) is 0 Å². The van der Waals surface area contributed by atoms with Crippen LogP contribution in [0.25, 0.3) is 0 Å². The Balaban J connectivity index is 2.26. The van der Waals surface area contributed by atoms with Crippen molar-refractivity contribution < 1.29 is 4.74 Å². The fraction of sp³-hybridized carbons (Fsp3) is 0.556. The molecule has 0 bridgehead atoms. The second-order valence-electron chi connectivity index (χ2n) is 8.11. The summed E-state index contributed by atoms with van der Waals surface area (Å²) in [6.45, 7) is 15.5. The van der Waals surface area contributed by atoms with Crippen LogP contribution in [0.3, 0.4) is 0 Å². The molecular weight excluding hydrogens is 368 g/mol. The Labute approximate surface area is 185 Å². The summed E-state index contributed by atoms with van der Waals surface area (Å²) in [5.41, 5.74) is 6.36. The molecule has 0 aliphatic rings. The molecule has 0 aliphatic carbocycles. The van der Waals surface area contributed by atoms with E-state index in [1.165, 1.54) is 53.7 Å². The maximum atomic E-state index is 5.96. The van der Waals surface area contributed by atoms with E-state index in [1.807, 2.05) is 7.11 Å². The van der Waals surface area contributed by atoms with E-state index in [0.717, 1.165) is 26.2 Å². The Hall–Kier alpha value is -2.00. The molecule has 0 fully saturated rings. The third-order valence-electron chi connectivity index (χ3n) is 6.02. The van der Waals surface area contributed by atoms with Gasteiger partial charge in [-0.15, -0.1) is 0 Å². The summed E-state index contributed by atoms with van der Waals surface area (Å²) in [4.78, 5) is 4.91. The first-order chi connectivity index (χ1) is 14.6. The zero-order chi connectivity index (χ0) is 21.9. The van der Waals surface area contributed by atoms with Gasteiger partial charge in [0.1, 0.15) is 6.10 Å². The number of aryl methyl sites for hydroxylation is 1. The van der Waals surface area contributed by atoms with Crippen molar-refractivity contribution in [3.05, 3.63) is 59.2 Å².